The molecule has 1 aliphatic heterocycles. The van der Waals surface area contributed by atoms with Gasteiger partial charge in [0.15, 0.2) is 6.29 Å². The average Bonchev–Trinajstić information content (AvgIpc) is 3.28. The Balaban J connectivity index is 2.24. The van der Waals surface area contributed by atoms with Crippen molar-refractivity contribution in [2.45, 2.75) is 89.9 Å². The Hall–Kier alpha value is -3.54. The van der Waals surface area contributed by atoms with Crippen LogP contribution in [-0.4, -0.2) is 104 Å². The second-order valence-corrected chi connectivity index (χ2v) is 10.6. The highest BCUT2D eigenvalue weighted by atomic mass is 16.7. The van der Waals surface area contributed by atoms with Crippen LogP contribution in [0.4, 0.5) is 9.59 Å². The molecule has 18 heteroatoms. The number of aliphatic hydroxyl groups is 3. The first kappa shape index (κ1) is 32.7. The van der Waals surface area contributed by atoms with Gasteiger partial charge in [0.05, 0.1) is 26.0 Å². The molecule has 2 amide bonds. The van der Waals surface area contributed by atoms with E-state index in [0.717, 1.165) is 0 Å². The number of azide groups is 1. The lowest BCUT2D eigenvalue weighted by molar-refractivity contribution is -0.280. The Morgan fingerprint density at radius 2 is 1.73 bits per heavy atom. The quantitative estimate of drug-likeness (QED) is 0.0717. The first-order valence-electron chi connectivity index (χ1n) is 12.3. The smallest absolute Gasteiger partial charge is 0.414 e. The second-order valence-electron chi connectivity index (χ2n) is 10.6. The molecule has 40 heavy (non-hydrogen) atoms. The molecule has 224 valence electrons. The van der Waals surface area contributed by atoms with E-state index >= 15 is 0 Å². The fraction of sp³-hybridized carbons (Fsp3) is 0.773. The van der Waals surface area contributed by atoms with Crippen LogP contribution in [0, 0.1) is 0 Å². The number of carbonyl (C=O) groups is 2. The maximum atomic E-state index is 12.3. The third-order valence-corrected chi connectivity index (χ3v) is 4.89. The Kier molecular flexibility index (Phi) is 11.6. The molecule has 5 atom stereocenters. The molecule has 1 aromatic heterocycles. The van der Waals surface area contributed by atoms with Crippen LogP contribution in [0.2, 0.25) is 0 Å². The second kappa shape index (κ2) is 14.2. The number of hydrogen-bond acceptors (Lipinski definition) is 13. The molecule has 5 N–H and O–H groups in total. The van der Waals surface area contributed by atoms with Crippen molar-refractivity contribution in [1.82, 2.24) is 25.6 Å². The summed E-state index contributed by atoms with van der Waals surface area (Å²) in [5, 5.41) is 46.6. The zero-order chi connectivity index (χ0) is 30.1. The molecular formula is C22H37N9O9. The fourth-order valence-electron chi connectivity index (χ4n) is 3.34. The Bertz CT molecular complexity index is 1040. The van der Waals surface area contributed by atoms with Gasteiger partial charge in [-0.2, -0.15) is 0 Å². The molecule has 1 aliphatic rings. The lowest BCUT2D eigenvalue weighted by Gasteiger charge is -2.41. The number of carbonyl (C=O) groups excluding carboxylic acids is 2. The first-order chi connectivity index (χ1) is 18.6. The molecule has 18 nitrogen and oxygen atoms in total. The van der Waals surface area contributed by atoms with Crippen molar-refractivity contribution in [2.75, 3.05) is 19.8 Å². The van der Waals surface area contributed by atoms with Crippen LogP contribution in [-0.2, 0) is 25.5 Å². The van der Waals surface area contributed by atoms with E-state index in [2.05, 4.69) is 36.0 Å². The van der Waals surface area contributed by atoms with E-state index < -0.39 is 60.6 Å². The molecule has 0 aromatic carbocycles. The monoisotopic (exact) mass is 571 g/mol. The highest BCUT2D eigenvalue weighted by molar-refractivity contribution is 6.01. The van der Waals surface area contributed by atoms with Gasteiger partial charge in [-0.15, -0.1) is 5.10 Å². The van der Waals surface area contributed by atoms with Crippen molar-refractivity contribution in [2.24, 2.45) is 10.1 Å². The van der Waals surface area contributed by atoms with Crippen molar-refractivity contribution in [3.05, 3.63) is 22.3 Å². The molecule has 0 saturated carbocycles. The topological polar surface area (TPSA) is 248 Å². The maximum Gasteiger partial charge on any atom is 0.414 e. The van der Waals surface area contributed by atoms with E-state index in [1.165, 1.54) is 10.9 Å². The highest BCUT2D eigenvalue weighted by Gasteiger charge is 2.46. The number of nitrogens with zero attached hydrogens (tertiary/aromatic N) is 7. The SMILES string of the molecule is CC(C)(C)OC(=O)NC(=NCc1cn([C@H]2C(OCCN=[N+]=[N-])OC(CO)[C@@H](O)[C@@H]2O)nn1)NC(=O)OC(C)(C)C. The van der Waals surface area contributed by atoms with Gasteiger partial charge in [0.2, 0.25) is 5.96 Å². The van der Waals surface area contributed by atoms with Gasteiger partial charge in [0.1, 0.15) is 41.2 Å². The number of aromatic nitrogens is 3. The van der Waals surface area contributed by atoms with Gasteiger partial charge >= 0.3 is 12.2 Å². The molecule has 0 aliphatic carbocycles. The third-order valence-electron chi connectivity index (χ3n) is 4.89. The van der Waals surface area contributed by atoms with Gasteiger partial charge in [0.25, 0.3) is 0 Å². The van der Waals surface area contributed by atoms with Gasteiger partial charge < -0.3 is 34.3 Å². The molecule has 1 fully saturated rings. The van der Waals surface area contributed by atoms with Crippen molar-refractivity contribution in [3.63, 3.8) is 0 Å². The van der Waals surface area contributed by atoms with Crippen molar-refractivity contribution >= 4 is 18.1 Å². The molecular weight excluding hydrogens is 534 g/mol. The molecule has 0 radical (unpaired) electrons. The largest absolute Gasteiger partial charge is 0.444 e. The van der Waals surface area contributed by atoms with Crippen LogP contribution >= 0.6 is 0 Å². The first-order valence-corrected chi connectivity index (χ1v) is 12.3. The molecule has 0 bridgehead atoms. The summed E-state index contributed by atoms with van der Waals surface area (Å²) in [5.74, 6) is -0.278. The number of rotatable bonds is 8. The van der Waals surface area contributed by atoms with E-state index in [1.807, 2.05) is 0 Å². The lowest BCUT2D eigenvalue weighted by Crippen LogP contribution is -2.57. The number of ether oxygens (including phenoxy) is 4. The fourth-order valence-corrected chi connectivity index (χ4v) is 3.34. The number of guanidine groups is 1. The lowest BCUT2D eigenvalue weighted by atomic mass is 9.97. The summed E-state index contributed by atoms with van der Waals surface area (Å²) in [5.41, 5.74) is 7.05. The highest BCUT2D eigenvalue weighted by Crippen LogP contribution is 2.30. The van der Waals surface area contributed by atoms with Crippen LogP contribution in [0.5, 0.6) is 0 Å². The number of nitrogens with one attached hydrogen (secondary N) is 2. The summed E-state index contributed by atoms with van der Waals surface area (Å²) in [6.45, 7) is 9.11. The summed E-state index contributed by atoms with van der Waals surface area (Å²) < 4.78 is 22.8. The summed E-state index contributed by atoms with van der Waals surface area (Å²) in [6, 6.07) is -1.10. The minimum absolute atomic E-state index is 0.0269. The molecule has 2 heterocycles. The zero-order valence-electron chi connectivity index (χ0n) is 23.2. The minimum atomic E-state index is -1.48. The van der Waals surface area contributed by atoms with Crippen LogP contribution in [0.1, 0.15) is 53.3 Å². The summed E-state index contributed by atoms with van der Waals surface area (Å²) >= 11 is 0. The number of hydrogen-bond donors (Lipinski definition) is 5. The van der Waals surface area contributed by atoms with Gasteiger partial charge in [-0.3, -0.25) is 10.6 Å². The predicted octanol–water partition coefficient (Wildman–Crippen LogP) is 0.491. The van der Waals surface area contributed by atoms with Gasteiger partial charge in [0, 0.05) is 11.5 Å². The minimum Gasteiger partial charge on any atom is -0.444 e. The predicted molar refractivity (Wildman–Crippen MR) is 137 cm³/mol. The van der Waals surface area contributed by atoms with Gasteiger partial charge in [-0.25, -0.2) is 19.3 Å². The van der Waals surface area contributed by atoms with Gasteiger partial charge in [-0.1, -0.05) is 10.3 Å². The molecule has 1 aromatic rings. The summed E-state index contributed by atoms with van der Waals surface area (Å²) in [6.07, 6.45) is -5.64. The van der Waals surface area contributed by atoms with E-state index in [1.54, 1.807) is 41.5 Å². The molecule has 2 unspecified atom stereocenters. The maximum absolute atomic E-state index is 12.3. The third kappa shape index (κ3) is 10.6. The normalized spacial score (nSPS) is 23.0. The van der Waals surface area contributed by atoms with E-state index in [0.29, 0.717) is 0 Å². The number of alkyl carbamates (subject to hydrolysis) is 2. The average molecular weight is 572 g/mol. The van der Waals surface area contributed by atoms with Crippen LogP contribution in [0.3, 0.4) is 0 Å². The van der Waals surface area contributed by atoms with Crippen LogP contribution in [0.15, 0.2) is 16.3 Å². The number of aliphatic hydroxyl groups excluding tert-OH is 3. The van der Waals surface area contributed by atoms with Gasteiger partial charge in [-0.05, 0) is 47.1 Å². The Labute approximate surface area is 230 Å². The van der Waals surface area contributed by atoms with Crippen LogP contribution in [0.25, 0.3) is 10.4 Å². The molecule has 0 spiro atoms. The zero-order valence-corrected chi connectivity index (χ0v) is 23.2. The standard InChI is InChI=1S/C22H37N9O9/c1-21(2,3)39-19(35)26-18(27-20(36)40-22(4,5)6)24-9-12-10-31(30-28-12)14-16(34)15(33)13(11-32)38-17(14)37-8-7-25-29-23/h10,13-17,32-34H,7-9,11H2,1-6H3,(H2,24,26,27,35,36)/t13?,14-,15-,16-,17?/m1/s1. The van der Waals surface area contributed by atoms with Crippen LogP contribution < -0.4 is 10.6 Å². The molecule has 2 rings (SSSR count). The summed E-state index contributed by atoms with van der Waals surface area (Å²) in [7, 11) is 0. The van der Waals surface area contributed by atoms with E-state index in [-0.39, 0.29) is 31.3 Å². The Morgan fingerprint density at radius 1 is 1.12 bits per heavy atom. The van der Waals surface area contributed by atoms with E-state index in [9.17, 15) is 24.9 Å². The van der Waals surface area contributed by atoms with Crippen molar-refractivity contribution in [3.8, 4) is 0 Å². The molecule has 1 saturated heterocycles. The number of aliphatic imine (C=N–C) groups is 1. The number of amides is 2. The van der Waals surface area contributed by atoms with Crippen molar-refractivity contribution in [1.29, 1.82) is 0 Å². The van der Waals surface area contributed by atoms with Crippen molar-refractivity contribution < 1.29 is 43.9 Å². The van der Waals surface area contributed by atoms with E-state index in [4.69, 9.17) is 24.5 Å². The Morgan fingerprint density at radius 3 is 2.25 bits per heavy atom. The summed E-state index contributed by atoms with van der Waals surface area (Å²) in [4.78, 5) is 31.3.